The summed E-state index contributed by atoms with van der Waals surface area (Å²) in [5.41, 5.74) is 2.79. The number of rotatable bonds is 7. The lowest BCUT2D eigenvalue weighted by molar-refractivity contribution is -0.131. The smallest absolute Gasteiger partial charge is 0.225 e. The molecule has 0 radical (unpaired) electrons. The minimum Gasteiger partial charge on any atom is -0.349 e. The lowest BCUT2D eigenvalue weighted by Gasteiger charge is -2.22. The SMILES string of the molecule is CC(=O)NC(CC(=O)N(C)Cc1cnn(-c2ccccc2)c1)c1ccc(Br)cc1. The first-order chi connectivity index (χ1) is 13.9. The fourth-order valence-corrected chi connectivity index (χ4v) is 3.31. The van der Waals surface area contributed by atoms with Crippen LogP contribution in [-0.4, -0.2) is 33.5 Å². The molecule has 3 aromatic rings. The van der Waals surface area contributed by atoms with Gasteiger partial charge in [0.2, 0.25) is 11.8 Å². The third kappa shape index (κ3) is 5.77. The van der Waals surface area contributed by atoms with Crippen LogP contribution in [0, 0.1) is 0 Å². The van der Waals surface area contributed by atoms with Gasteiger partial charge in [0.15, 0.2) is 0 Å². The average molecular weight is 455 g/mol. The van der Waals surface area contributed by atoms with Gasteiger partial charge in [-0.1, -0.05) is 46.3 Å². The summed E-state index contributed by atoms with van der Waals surface area (Å²) in [7, 11) is 1.76. The van der Waals surface area contributed by atoms with Gasteiger partial charge in [-0.15, -0.1) is 0 Å². The molecule has 1 atom stereocenters. The van der Waals surface area contributed by atoms with Crippen LogP contribution in [0.1, 0.15) is 30.5 Å². The van der Waals surface area contributed by atoms with Crippen LogP contribution in [-0.2, 0) is 16.1 Å². The van der Waals surface area contributed by atoms with E-state index in [0.717, 1.165) is 21.3 Å². The second-order valence-electron chi connectivity index (χ2n) is 6.89. The Hall–Kier alpha value is -2.93. The van der Waals surface area contributed by atoms with Crippen LogP contribution < -0.4 is 5.32 Å². The molecular formula is C22H23BrN4O2. The summed E-state index contributed by atoms with van der Waals surface area (Å²) in [6.07, 6.45) is 3.86. The predicted molar refractivity (Wildman–Crippen MR) is 115 cm³/mol. The predicted octanol–water partition coefficient (Wildman–Crippen LogP) is 3.86. The van der Waals surface area contributed by atoms with Gasteiger partial charge in [0, 0.05) is 36.7 Å². The first kappa shape index (κ1) is 20.8. The van der Waals surface area contributed by atoms with E-state index in [0.29, 0.717) is 6.54 Å². The monoisotopic (exact) mass is 454 g/mol. The van der Waals surface area contributed by atoms with Crippen LogP contribution in [0.3, 0.4) is 0 Å². The number of hydrogen-bond acceptors (Lipinski definition) is 3. The Morgan fingerprint density at radius 2 is 1.83 bits per heavy atom. The minimum atomic E-state index is -0.373. The Balaban J connectivity index is 1.66. The molecule has 2 amide bonds. The maximum Gasteiger partial charge on any atom is 0.225 e. The fourth-order valence-electron chi connectivity index (χ4n) is 3.05. The normalized spacial score (nSPS) is 11.7. The Bertz CT molecular complexity index is 970. The van der Waals surface area contributed by atoms with Gasteiger partial charge >= 0.3 is 0 Å². The van der Waals surface area contributed by atoms with Gasteiger partial charge in [-0.2, -0.15) is 5.10 Å². The largest absolute Gasteiger partial charge is 0.349 e. The number of hydrogen-bond donors (Lipinski definition) is 1. The van der Waals surface area contributed by atoms with Gasteiger partial charge in [0.05, 0.1) is 24.3 Å². The Kier molecular flexibility index (Phi) is 6.82. The number of carbonyl (C=O) groups excluding carboxylic acids is 2. The third-order valence-corrected chi connectivity index (χ3v) is 5.06. The number of para-hydroxylation sites is 1. The number of aromatic nitrogens is 2. The average Bonchev–Trinajstić information content (AvgIpc) is 3.17. The number of benzene rings is 2. The molecule has 29 heavy (non-hydrogen) atoms. The molecule has 7 heteroatoms. The molecule has 3 rings (SSSR count). The molecule has 0 spiro atoms. The van der Waals surface area contributed by atoms with Crippen LogP contribution in [0.15, 0.2) is 71.5 Å². The molecule has 6 nitrogen and oxygen atoms in total. The molecule has 0 aliphatic heterocycles. The molecule has 0 saturated heterocycles. The van der Waals surface area contributed by atoms with Crippen molar-refractivity contribution >= 4 is 27.7 Å². The molecule has 0 aliphatic carbocycles. The fraction of sp³-hybridized carbons (Fsp3) is 0.227. The van der Waals surface area contributed by atoms with Gasteiger partial charge in [-0.3, -0.25) is 9.59 Å². The molecule has 1 unspecified atom stereocenters. The van der Waals surface area contributed by atoms with Crippen molar-refractivity contribution in [1.82, 2.24) is 20.0 Å². The van der Waals surface area contributed by atoms with Crippen LogP contribution >= 0.6 is 15.9 Å². The minimum absolute atomic E-state index is 0.0564. The summed E-state index contributed by atoms with van der Waals surface area (Å²) in [5, 5.41) is 7.24. The molecule has 0 bridgehead atoms. The summed E-state index contributed by atoms with van der Waals surface area (Å²) in [6.45, 7) is 1.90. The zero-order valence-electron chi connectivity index (χ0n) is 16.4. The molecule has 1 aromatic heterocycles. The van der Waals surface area contributed by atoms with E-state index in [9.17, 15) is 9.59 Å². The lowest BCUT2D eigenvalue weighted by atomic mass is 10.0. The van der Waals surface area contributed by atoms with E-state index in [-0.39, 0.29) is 24.3 Å². The zero-order valence-corrected chi connectivity index (χ0v) is 18.0. The van der Waals surface area contributed by atoms with E-state index < -0.39 is 0 Å². The summed E-state index contributed by atoms with van der Waals surface area (Å²) >= 11 is 3.40. The van der Waals surface area contributed by atoms with E-state index >= 15 is 0 Å². The van der Waals surface area contributed by atoms with E-state index in [1.165, 1.54) is 6.92 Å². The van der Waals surface area contributed by atoms with Crippen LogP contribution in [0.4, 0.5) is 0 Å². The molecule has 1 heterocycles. The third-order valence-electron chi connectivity index (χ3n) is 4.53. The molecule has 0 saturated carbocycles. The van der Waals surface area contributed by atoms with Crippen LogP contribution in [0.25, 0.3) is 5.69 Å². The molecule has 0 aliphatic rings. The lowest BCUT2D eigenvalue weighted by Crippen LogP contribution is -2.33. The van der Waals surface area contributed by atoms with Crippen molar-refractivity contribution in [3.05, 3.63) is 82.6 Å². The summed E-state index contributed by atoms with van der Waals surface area (Å²) in [4.78, 5) is 26.1. The van der Waals surface area contributed by atoms with Crippen molar-refractivity contribution in [1.29, 1.82) is 0 Å². The number of carbonyl (C=O) groups is 2. The van der Waals surface area contributed by atoms with Gasteiger partial charge in [-0.25, -0.2) is 4.68 Å². The van der Waals surface area contributed by atoms with Crippen molar-refractivity contribution in [2.24, 2.45) is 0 Å². The molecule has 2 aromatic carbocycles. The summed E-state index contributed by atoms with van der Waals surface area (Å²) in [5.74, 6) is -0.225. The van der Waals surface area contributed by atoms with Crippen molar-refractivity contribution in [2.45, 2.75) is 25.9 Å². The molecular weight excluding hydrogens is 432 g/mol. The van der Waals surface area contributed by atoms with Crippen molar-refractivity contribution in [2.75, 3.05) is 7.05 Å². The van der Waals surface area contributed by atoms with E-state index in [1.807, 2.05) is 60.8 Å². The van der Waals surface area contributed by atoms with Crippen LogP contribution in [0.2, 0.25) is 0 Å². The standard InChI is InChI=1S/C22H23BrN4O2/c1-16(28)25-21(18-8-10-19(23)11-9-18)12-22(29)26(2)14-17-13-24-27(15-17)20-6-4-3-5-7-20/h3-11,13,15,21H,12,14H2,1-2H3,(H,25,28). The topological polar surface area (TPSA) is 67.2 Å². The first-order valence-electron chi connectivity index (χ1n) is 9.28. The number of halogens is 1. The van der Waals surface area contributed by atoms with E-state index in [4.69, 9.17) is 0 Å². The molecule has 0 fully saturated rings. The van der Waals surface area contributed by atoms with Crippen molar-refractivity contribution < 1.29 is 9.59 Å². The number of amides is 2. The van der Waals surface area contributed by atoms with Gasteiger partial charge in [0.25, 0.3) is 0 Å². The van der Waals surface area contributed by atoms with Crippen molar-refractivity contribution in [3.8, 4) is 5.69 Å². The highest BCUT2D eigenvalue weighted by atomic mass is 79.9. The number of nitrogens with one attached hydrogen (secondary N) is 1. The Morgan fingerprint density at radius 1 is 1.14 bits per heavy atom. The van der Waals surface area contributed by atoms with Gasteiger partial charge in [0.1, 0.15) is 0 Å². The van der Waals surface area contributed by atoms with Crippen LogP contribution in [0.5, 0.6) is 0 Å². The van der Waals surface area contributed by atoms with E-state index in [1.54, 1.807) is 22.8 Å². The quantitative estimate of drug-likeness (QED) is 0.589. The maximum atomic E-state index is 12.8. The Labute approximate surface area is 178 Å². The molecule has 1 N–H and O–H groups in total. The second kappa shape index (κ2) is 9.52. The first-order valence-corrected chi connectivity index (χ1v) is 10.1. The molecule has 150 valence electrons. The maximum absolute atomic E-state index is 12.8. The number of nitrogens with zero attached hydrogens (tertiary/aromatic N) is 3. The van der Waals surface area contributed by atoms with Gasteiger partial charge < -0.3 is 10.2 Å². The zero-order chi connectivity index (χ0) is 20.8. The van der Waals surface area contributed by atoms with Crippen molar-refractivity contribution in [3.63, 3.8) is 0 Å². The van der Waals surface area contributed by atoms with Gasteiger partial charge in [-0.05, 0) is 29.8 Å². The summed E-state index contributed by atoms with van der Waals surface area (Å²) in [6, 6.07) is 17.0. The highest BCUT2D eigenvalue weighted by Gasteiger charge is 2.20. The highest BCUT2D eigenvalue weighted by molar-refractivity contribution is 9.10. The highest BCUT2D eigenvalue weighted by Crippen LogP contribution is 2.21. The second-order valence-corrected chi connectivity index (χ2v) is 7.80. The summed E-state index contributed by atoms with van der Waals surface area (Å²) < 4.78 is 2.73. The van der Waals surface area contributed by atoms with E-state index in [2.05, 4.69) is 26.3 Å². The Morgan fingerprint density at radius 3 is 2.48 bits per heavy atom.